The van der Waals surface area contributed by atoms with Gasteiger partial charge in [0.2, 0.25) is 0 Å². The van der Waals surface area contributed by atoms with E-state index in [0.717, 1.165) is 43.6 Å². The van der Waals surface area contributed by atoms with Crippen molar-refractivity contribution in [3.05, 3.63) is 59.9 Å². The average molecular weight is 518 g/mol. The van der Waals surface area contributed by atoms with Gasteiger partial charge in [-0.3, -0.25) is 0 Å². The van der Waals surface area contributed by atoms with Crippen molar-refractivity contribution in [1.82, 2.24) is 34.8 Å². The minimum Gasteiger partial charge on any atom is -0.454 e. The highest BCUT2D eigenvalue weighted by molar-refractivity contribution is 5.88. The molecule has 1 aliphatic rings. The molecule has 0 unspecified atom stereocenters. The number of fused-ring (bicyclic) bond motifs is 2. The Hall–Kier alpha value is -4.45. The molecular weight excluding hydrogens is 492 g/mol. The largest absolute Gasteiger partial charge is 0.454 e. The molecule has 0 saturated carbocycles. The second-order valence-electron chi connectivity index (χ2n) is 9.31. The van der Waals surface area contributed by atoms with E-state index in [9.17, 15) is 0 Å². The predicted molar refractivity (Wildman–Crippen MR) is 140 cm³/mol. The van der Waals surface area contributed by atoms with E-state index >= 15 is 8.78 Å². The van der Waals surface area contributed by atoms with E-state index in [1.807, 2.05) is 12.1 Å². The van der Waals surface area contributed by atoms with E-state index in [4.69, 9.17) is 9.72 Å². The maximum absolute atomic E-state index is 15.5. The van der Waals surface area contributed by atoms with E-state index in [0.29, 0.717) is 22.3 Å². The number of anilines is 3. The summed E-state index contributed by atoms with van der Waals surface area (Å²) in [5.74, 6) is -0.207. The highest BCUT2D eigenvalue weighted by Crippen LogP contribution is 2.36. The first-order valence-corrected chi connectivity index (χ1v) is 12.2. The molecule has 1 saturated heterocycles. The van der Waals surface area contributed by atoms with Crippen molar-refractivity contribution in [2.45, 2.75) is 6.92 Å². The lowest BCUT2D eigenvalue weighted by Crippen LogP contribution is -2.44. The Bertz CT molecular complexity index is 1660. The molecule has 194 valence electrons. The van der Waals surface area contributed by atoms with Gasteiger partial charge >= 0.3 is 0 Å². The number of halogens is 2. The zero-order valence-electron chi connectivity index (χ0n) is 21.1. The third-order valence-electron chi connectivity index (χ3n) is 6.74. The molecule has 1 fully saturated rings. The molecule has 0 amide bonds. The van der Waals surface area contributed by atoms with E-state index in [-0.39, 0.29) is 22.8 Å². The van der Waals surface area contributed by atoms with Gasteiger partial charge in [0.15, 0.2) is 23.2 Å². The van der Waals surface area contributed by atoms with E-state index in [1.165, 1.54) is 13.3 Å². The lowest BCUT2D eigenvalue weighted by atomic mass is 10.1. The van der Waals surface area contributed by atoms with E-state index < -0.39 is 11.6 Å². The number of hydrogen-bond acceptors (Lipinski definition) is 9. The van der Waals surface area contributed by atoms with Gasteiger partial charge in [0.25, 0.3) is 0 Å². The van der Waals surface area contributed by atoms with Crippen molar-refractivity contribution in [3.63, 3.8) is 0 Å². The minimum absolute atomic E-state index is 0.0104. The van der Waals surface area contributed by atoms with Gasteiger partial charge in [-0.05, 0) is 38.2 Å². The third kappa shape index (κ3) is 4.32. The van der Waals surface area contributed by atoms with Gasteiger partial charge in [0.1, 0.15) is 28.9 Å². The van der Waals surface area contributed by atoms with Gasteiger partial charge in [0.05, 0.1) is 16.7 Å². The summed E-state index contributed by atoms with van der Waals surface area (Å²) in [5.41, 5.74) is 2.37. The van der Waals surface area contributed by atoms with Crippen LogP contribution in [0.3, 0.4) is 0 Å². The number of pyridine rings is 1. The first-order chi connectivity index (χ1) is 18.4. The Kier molecular flexibility index (Phi) is 5.95. The molecular formula is C26H25F2N9O. The molecule has 0 spiro atoms. The Morgan fingerprint density at radius 3 is 2.58 bits per heavy atom. The van der Waals surface area contributed by atoms with Crippen molar-refractivity contribution in [1.29, 1.82) is 0 Å². The smallest absolute Gasteiger partial charge is 0.169 e. The second kappa shape index (κ2) is 9.45. The first-order valence-electron chi connectivity index (χ1n) is 12.2. The topological polar surface area (TPSA) is 97.1 Å². The number of ether oxygens (including phenoxy) is 1. The summed E-state index contributed by atoms with van der Waals surface area (Å²) in [6, 6.07) is 9.87. The molecule has 0 bridgehead atoms. The molecule has 0 atom stereocenters. The van der Waals surface area contributed by atoms with Crippen LogP contribution in [0.5, 0.6) is 11.5 Å². The summed E-state index contributed by atoms with van der Waals surface area (Å²) < 4.78 is 38.1. The number of nitrogens with zero attached hydrogens (tertiary/aromatic N) is 8. The summed E-state index contributed by atoms with van der Waals surface area (Å²) >= 11 is 0. The molecule has 5 aromatic rings. The normalized spacial score (nSPS) is 14.4. The summed E-state index contributed by atoms with van der Waals surface area (Å²) in [5, 5.41) is 10.9. The van der Waals surface area contributed by atoms with Gasteiger partial charge < -0.3 is 19.9 Å². The van der Waals surface area contributed by atoms with Crippen LogP contribution in [0.15, 0.2) is 42.7 Å². The van der Waals surface area contributed by atoms with Crippen LogP contribution in [0.1, 0.15) is 5.56 Å². The van der Waals surface area contributed by atoms with Crippen LogP contribution in [0, 0.1) is 18.6 Å². The van der Waals surface area contributed by atoms with Crippen molar-refractivity contribution < 1.29 is 13.5 Å². The lowest BCUT2D eigenvalue weighted by molar-refractivity contribution is 0.312. The van der Waals surface area contributed by atoms with Crippen LogP contribution in [-0.4, -0.2) is 68.1 Å². The molecule has 38 heavy (non-hydrogen) atoms. The highest BCUT2D eigenvalue weighted by Gasteiger charge is 2.21. The van der Waals surface area contributed by atoms with E-state index in [2.05, 4.69) is 42.4 Å². The summed E-state index contributed by atoms with van der Waals surface area (Å²) in [7, 11) is 3.86. The Labute approximate surface area is 216 Å². The molecule has 6 rings (SSSR count). The molecule has 4 heterocycles. The van der Waals surface area contributed by atoms with E-state index in [1.54, 1.807) is 29.9 Å². The minimum atomic E-state index is -0.727. The molecule has 2 aromatic carbocycles. The first kappa shape index (κ1) is 23.9. The number of likely N-dealkylation sites (N-methyl/N-ethyl adjacent to an activating group) is 1. The second-order valence-corrected chi connectivity index (χ2v) is 9.31. The molecule has 10 nitrogen and oxygen atoms in total. The maximum atomic E-state index is 15.5. The fraction of sp³-hybridized carbons (Fsp3) is 0.269. The van der Waals surface area contributed by atoms with Crippen molar-refractivity contribution in [3.8, 4) is 11.5 Å². The maximum Gasteiger partial charge on any atom is 0.169 e. The fourth-order valence-electron chi connectivity index (χ4n) is 4.52. The zero-order valence-corrected chi connectivity index (χ0v) is 21.1. The monoisotopic (exact) mass is 517 g/mol. The Morgan fingerprint density at radius 1 is 0.947 bits per heavy atom. The predicted octanol–water partition coefficient (Wildman–Crippen LogP) is 4.18. The molecule has 12 heteroatoms. The molecule has 1 N–H and O–H groups in total. The van der Waals surface area contributed by atoms with Crippen molar-refractivity contribution in [2.24, 2.45) is 7.05 Å². The van der Waals surface area contributed by atoms with Gasteiger partial charge in [0, 0.05) is 50.9 Å². The number of benzene rings is 2. The number of hydrogen-bond donors (Lipinski definition) is 1. The molecule has 0 radical (unpaired) electrons. The molecule has 1 aliphatic heterocycles. The van der Waals surface area contributed by atoms with Gasteiger partial charge in [-0.1, -0.05) is 5.21 Å². The SMILES string of the molecule is Cc1c(F)c(Nc2ncnc3ccc(N4CCN(C)CC4)nc23)cc(F)c1Oc1ccc2c(c1)nnn2C. The lowest BCUT2D eigenvalue weighted by Gasteiger charge is -2.33. The quantitative estimate of drug-likeness (QED) is 0.368. The number of nitrogens with one attached hydrogen (secondary N) is 1. The van der Waals surface area contributed by atoms with Gasteiger partial charge in [-0.25, -0.2) is 28.4 Å². The van der Waals surface area contributed by atoms with Crippen LogP contribution in [0.2, 0.25) is 0 Å². The number of aryl methyl sites for hydroxylation is 1. The zero-order chi connectivity index (χ0) is 26.4. The highest BCUT2D eigenvalue weighted by atomic mass is 19.1. The van der Waals surface area contributed by atoms with Crippen LogP contribution in [0.4, 0.5) is 26.1 Å². The summed E-state index contributed by atoms with van der Waals surface area (Å²) in [6.07, 6.45) is 1.36. The Balaban J connectivity index is 1.31. The Morgan fingerprint density at radius 2 is 1.76 bits per heavy atom. The number of piperazine rings is 1. The fourth-order valence-corrected chi connectivity index (χ4v) is 4.52. The molecule has 3 aromatic heterocycles. The van der Waals surface area contributed by atoms with Crippen LogP contribution < -0.4 is 15.0 Å². The third-order valence-corrected chi connectivity index (χ3v) is 6.74. The number of rotatable bonds is 5. The average Bonchev–Trinajstić information content (AvgIpc) is 3.29. The standard InChI is InChI=1S/C26H25F2N9O/c1-15-23(28)20(13-17(27)25(15)38-16-4-6-21-19(12-16)33-34-36(21)3)31-26-24-18(29-14-30-26)5-7-22(32-24)37-10-8-35(2)9-11-37/h4-7,12-14H,8-11H2,1-3H3,(H,29,30,31). The van der Waals surface area contributed by atoms with Crippen LogP contribution >= 0.6 is 0 Å². The van der Waals surface area contributed by atoms with Crippen molar-refractivity contribution >= 4 is 39.4 Å². The summed E-state index contributed by atoms with van der Waals surface area (Å²) in [6.45, 7) is 5.01. The van der Waals surface area contributed by atoms with Crippen LogP contribution in [0.25, 0.3) is 22.1 Å². The van der Waals surface area contributed by atoms with Gasteiger partial charge in [-0.15, -0.1) is 5.10 Å². The van der Waals surface area contributed by atoms with Crippen LogP contribution in [-0.2, 0) is 7.05 Å². The van der Waals surface area contributed by atoms with Crippen molar-refractivity contribution in [2.75, 3.05) is 43.4 Å². The van der Waals surface area contributed by atoms with Gasteiger partial charge in [-0.2, -0.15) is 0 Å². The molecule has 0 aliphatic carbocycles. The number of aromatic nitrogens is 6. The summed E-state index contributed by atoms with van der Waals surface area (Å²) in [4.78, 5) is 17.8.